The number of esters is 4. The highest BCUT2D eigenvalue weighted by Crippen LogP contribution is 2.11. The third-order valence-electron chi connectivity index (χ3n) is 11.2. The summed E-state index contributed by atoms with van der Waals surface area (Å²) in [4.78, 5) is 57.7. The van der Waals surface area contributed by atoms with Gasteiger partial charge in [-0.3, -0.25) is 19.2 Å². The van der Waals surface area contributed by atoms with Crippen molar-refractivity contribution < 1.29 is 38.1 Å². The summed E-state index contributed by atoms with van der Waals surface area (Å²) >= 11 is 0. The van der Waals surface area contributed by atoms with Gasteiger partial charge < -0.3 is 33.6 Å². The van der Waals surface area contributed by atoms with Crippen LogP contribution < -0.4 is 0 Å². The number of rotatable bonds is 38. The van der Waals surface area contributed by atoms with Gasteiger partial charge >= 0.3 is 23.9 Å². The van der Waals surface area contributed by atoms with E-state index in [1.807, 2.05) is 31.4 Å². The number of likely N-dealkylation sites (N-methyl/N-ethyl adjacent to an activating group) is 1. The quantitative estimate of drug-likeness (QED) is 0.0335. The number of nitrogens with zero attached hydrogens (tertiary/aromatic N) is 3. The molecule has 0 aromatic carbocycles. The average Bonchev–Trinajstić information content (AvgIpc) is 3.25. The predicted octanol–water partition coefficient (Wildman–Crippen LogP) is 12.0. The summed E-state index contributed by atoms with van der Waals surface area (Å²) in [5, 5.41) is 0. The third kappa shape index (κ3) is 41.8. The molecular weight excluding hydrogens is 855 g/mol. The lowest BCUT2D eigenvalue weighted by molar-refractivity contribution is -0.144. The fourth-order valence-corrected chi connectivity index (χ4v) is 6.56. The van der Waals surface area contributed by atoms with Gasteiger partial charge in [-0.15, -0.1) is 0 Å². The van der Waals surface area contributed by atoms with Gasteiger partial charge in [0, 0.05) is 52.4 Å². The molecule has 0 aliphatic carbocycles. The lowest BCUT2D eigenvalue weighted by Crippen LogP contribution is -2.40. The van der Waals surface area contributed by atoms with Gasteiger partial charge in [-0.2, -0.15) is 0 Å². The Morgan fingerprint density at radius 1 is 0.309 bits per heavy atom. The molecule has 0 bridgehead atoms. The van der Waals surface area contributed by atoms with Crippen molar-refractivity contribution >= 4 is 23.9 Å². The molecule has 0 atom stereocenters. The Bertz CT molecular complexity index is 1470. The number of hydrogen-bond donors (Lipinski definition) is 0. The summed E-state index contributed by atoms with van der Waals surface area (Å²) < 4.78 is 22.2. The van der Waals surface area contributed by atoms with Crippen molar-refractivity contribution in [2.24, 2.45) is 0 Å². The van der Waals surface area contributed by atoms with Crippen LogP contribution in [0.1, 0.15) is 160 Å². The first-order valence-corrected chi connectivity index (χ1v) is 25.2. The summed E-state index contributed by atoms with van der Waals surface area (Å²) in [7, 11) is 2.03. The fraction of sp³-hybridized carbons (Fsp3) is 0.649. The maximum absolute atomic E-state index is 12.8. The zero-order valence-electron chi connectivity index (χ0n) is 45.2. The van der Waals surface area contributed by atoms with Crippen LogP contribution >= 0.6 is 0 Å². The van der Waals surface area contributed by atoms with E-state index in [2.05, 4.69) is 122 Å². The van der Waals surface area contributed by atoms with E-state index in [0.717, 1.165) is 51.4 Å². The van der Waals surface area contributed by atoms with E-state index < -0.39 is 0 Å². The first-order valence-electron chi connectivity index (χ1n) is 25.2. The Balaban J connectivity index is 5.62. The van der Waals surface area contributed by atoms with E-state index in [0.29, 0.717) is 52.4 Å². The van der Waals surface area contributed by atoms with Gasteiger partial charge in [0.25, 0.3) is 0 Å². The van der Waals surface area contributed by atoms with Gasteiger partial charge in [0.05, 0.1) is 25.7 Å². The van der Waals surface area contributed by atoms with Crippen LogP contribution in [0.4, 0.5) is 0 Å². The molecule has 11 heteroatoms. The number of carbonyl (C=O) groups excluding carboxylic acids is 4. The minimum Gasteiger partial charge on any atom is -0.461 e. The minimum atomic E-state index is -0.281. The van der Waals surface area contributed by atoms with Gasteiger partial charge in [0.15, 0.2) is 0 Å². The predicted molar refractivity (Wildman–Crippen MR) is 282 cm³/mol. The highest BCUT2D eigenvalue weighted by Gasteiger charge is 2.16. The SMILES string of the molecule is CC(C)=CCC/C(C)=C/COC(=O)CCN(CCC(=O)OC/C=C(\C)CCC=C(C)C)CCN(C)CCN(CCC(=O)OC/C=C(\C)CCC=C(C)C)CCC(=O)OC/C=C(\C)CCC=C(C)C. The second kappa shape index (κ2) is 40.6. The Morgan fingerprint density at radius 3 is 0.735 bits per heavy atom. The van der Waals surface area contributed by atoms with Gasteiger partial charge in [-0.25, -0.2) is 0 Å². The van der Waals surface area contributed by atoms with Gasteiger partial charge in [-0.1, -0.05) is 68.9 Å². The van der Waals surface area contributed by atoms with Crippen LogP contribution in [0.15, 0.2) is 93.2 Å². The first kappa shape index (κ1) is 63.7. The number of allylic oxidation sites excluding steroid dienone is 12. The zero-order chi connectivity index (χ0) is 51.1. The van der Waals surface area contributed by atoms with Crippen LogP contribution in [0.2, 0.25) is 0 Å². The molecule has 0 fully saturated rings. The second-order valence-corrected chi connectivity index (χ2v) is 19.2. The maximum Gasteiger partial charge on any atom is 0.307 e. The number of hydrogen-bond acceptors (Lipinski definition) is 11. The van der Waals surface area contributed by atoms with E-state index in [1.165, 1.54) is 44.6 Å². The zero-order valence-corrected chi connectivity index (χ0v) is 45.2. The van der Waals surface area contributed by atoms with Crippen molar-refractivity contribution in [2.75, 3.05) is 85.8 Å². The maximum atomic E-state index is 12.8. The van der Waals surface area contributed by atoms with E-state index in [4.69, 9.17) is 18.9 Å². The molecule has 0 rings (SSSR count). The molecule has 0 heterocycles. The molecule has 0 saturated carbocycles. The van der Waals surface area contributed by atoms with Crippen LogP contribution in [0.5, 0.6) is 0 Å². The standard InChI is InChI=1S/C57H95N3O8/c1-46(2)18-14-22-50(9)30-42-65-54(61)26-34-59(35-27-55(62)66-43-31-51(10)23-15-19-47(3)4)40-38-58(13)39-41-60(36-28-56(63)67-44-32-52(11)24-16-20-48(5)6)37-29-57(64)68-45-33-53(12)25-17-21-49(7)8/h18-21,30-33H,14-17,22-29,34-45H2,1-13H3/b50-30+,51-31+,52-32+,53-33+. The van der Waals surface area contributed by atoms with Gasteiger partial charge in [-0.05, 0) is 166 Å². The fourth-order valence-electron chi connectivity index (χ4n) is 6.56. The highest BCUT2D eigenvalue weighted by atomic mass is 16.5. The molecule has 0 spiro atoms. The Hall–Kier alpha value is -4.32. The molecule has 386 valence electrons. The van der Waals surface area contributed by atoms with Gasteiger partial charge in [0.2, 0.25) is 0 Å². The molecule has 68 heavy (non-hydrogen) atoms. The van der Waals surface area contributed by atoms with E-state index >= 15 is 0 Å². The summed E-state index contributed by atoms with van der Waals surface area (Å²) in [6.45, 7) is 30.2. The Labute approximate surface area is 414 Å². The topological polar surface area (TPSA) is 115 Å². The Morgan fingerprint density at radius 2 is 0.529 bits per heavy atom. The molecule has 0 unspecified atom stereocenters. The molecule has 11 nitrogen and oxygen atoms in total. The van der Waals surface area contributed by atoms with Crippen molar-refractivity contribution in [1.82, 2.24) is 14.7 Å². The summed E-state index contributed by atoms with van der Waals surface area (Å²) in [6, 6.07) is 0. The molecular formula is C57H95N3O8. The molecule has 0 radical (unpaired) electrons. The van der Waals surface area contributed by atoms with Crippen LogP contribution in [-0.2, 0) is 38.1 Å². The highest BCUT2D eigenvalue weighted by molar-refractivity contribution is 5.71. The van der Waals surface area contributed by atoms with Crippen molar-refractivity contribution in [1.29, 1.82) is 0 Å². The Kier molecular flexibility index (Phi) is 38.0. The molecule has 0 aliphatic heterocycles. The largest absolute Gasteiger partial charge is 0.461 e. The number of carbonyl (C=O) groups is 4. The van der Waals surface area contributed by atoms with Gasteiger partial charge in [0.1, 0.15) is 26.4 Å². The monoisotopic (exact) mass is 950 g/mol. The average molecular weight is 950 g/mol. The van der Waals surface area contributed by atoms with Crippen LogP contribution in [0.25, 0.3) is 0 Å². The second-order valence-electron chi connectivity index (χ2n) is 19.2. The minimum absolute atomic E-state index is 0.202. The molecule has 0 N–H and O–H groups in total. The summed E-state index contributed by atoms with van der Waals surface area (Å²) in [5.74, 6) is -1.12. The molecule has 0 aromatic rings. The van der Waals surface area contributed by atoms with Crippen molar-refractivity contribution in [3.05, 3.63) is 93.2 Å². The van der Waals surface area contributed by atoms with E-state index in [-0.39, 0.29) is 76.0 Å². The third-order valence-corrected chi connectivity index (χ3v) is 11.2. The number of ether oxygens (including phenoxy) is 4. The molecule has 0 aromatic heterocycles. The van der Waals surface area contributed by atoms with Crippen molar-refractivity contribution in [2.45, 2.75) is 160 Å². The smallest absolute Gasteiger partial charge is 0.307 e. The van der Waals surface area contributed by atoms with E-state index in [9.17, 15) is 19.2 Å². The van der Waals surface area contributed by atoms with Crippen LogP contribution in [0.3, 0.4) is 0 Å². The molecule has 0 amide bonds. The summed E-state index contributed by atoms with van der Waals surface area (Å²) in [6.07, 6.45) is 25.0. The lowest BCUT2D eigenvalue weighted by atomic mass is 10.1. The molecule has 0 aliphatic rings. The van der Waals surface area contributed by atoms with Crippen molar-refractivity contribution in [3.63, 3.8) is 0 Å². The molecule has 0 saturated heterocycles. The summed E-state index contributed by atoms with van der Waals surface area (Å²) in [5.41, 5.74) is 9.89. The van der Waals surface area contributed by atoms with Crippen molar-refractivity contribution in [3.8, 4) is 0 Å². The lowest BCUT2D eigenvalue weighted by Gasteiger charge is -2.27. The van der Waals surface area contributed by atoms with Crippen LogP contribution in [-0.4, -0.2) is 124 Å². The van der Waals surface area contributed by atoms with Crippen LogP contribution in [0, 0.1) is 0 Å². The first-order chi connectivity index (χ1) is 32.2. The normalized spacial score (nSPS) is 12.2. The van der Waals surface area contributed by atoms with E-state index in [1.54, 1.807) is 0 Å².